The van der Waals surface area contributed by atoms with Gasteiger partial charge in [-0.1, -0.05) is 12.1 Å². The largest absolute Gasteiger partial charge is 0.481 e. The lowest BCUT2D eigenvalue weighted by Gasteiger charge is -2.27. The summed E-state index contributed by atoms with van der Waals surface area (Å²) < 4.78 is 5.60. The van der Waals surface area contributed by atoms with Gasteiger partial charge in [0.1, 0.15) is 5.75 Å². The average molecular weight is 294 g/mol. The van der Waals surface area contributed by atoms with Gasteiger partial charge in [-0.15, -0.1) is 0 Å². The first kappa shape index (κ1) is 17.5. The predicted molar refractivity (Wildman–Crippen MR) is 83.5 cm³/mol. The molecule has 2 unspecified atom stereocenters. The van der Waals surface area contributed by atoms with E-state index in [9.17, 15) is 9.90 Å². The Bertz CT molecular complexity index is 472. The molecule has 5 heteroatoms. The molecule has 1 aromatic rings. The molecule has 2 N–H and O–H groups in total. The van der Waals surface area contributed by atoms with Gasteiger partial charge in [0, 0.05) is 13.1 Å². The van der Waals surface area contributed by atoms with Crippen molar-refractivity contribution in [3.05, 3.63) is 29.8 Å². The number of amides is 1. The molecule has 0 radical (unpaired) electrons. The molecule has 2 atom stereocenters. The van der Waals surface area contributed by atoms with Gasteiger partial charge >= 0.3 is 0 Å². The molecule has 0 aliphatic heterocycles. The topological polar surface area (TPSA) is 61.8 Å². The van der Waals surface area contributed by atoms with Crippen LogP contribution in [0.5, 0.6) is 5.75 Å². The molecule has 118 valence electrons. The van der Waals surface area contributed by atoms with Crippen molar-refractivity contribution < 1.29 is 14.6 Å². The maximum Gasteiger partial charge on any atom is 0.260 e. The summed E-state index contributed by atoms with van der Waals surface area (Å²) in [6.07, 6.45) is -0.609. The SMILES string of the molecule is Cc1cccc(OC(C)C(=O)NCC(C)(O)CN(C)C)c1. The number of nitrogens with zero attached hydrogens (tertiary/aromatic N) is 1. The highest BCUT2D eigenvalue weighted by Crippen LogP contribution is 2.14. The number of nitrogens with one attached hydrogen (secondary N) is 1. The number of aliphatic hydroxyl groups is 1. The zero-order chi connectivity index (χ0) is 16.0. The number of carbonyl (C=O) groups is 1. The molecular weight excluding hydrogens is 268 g/mol. The molecule has 0 heterocycles. The van der Waals surface area contributed by atoms with Crippen LogP contribution >= 0.6 is 0 Å². The van der Waals surface area contributed by atoms with E-state index in [0.29, 0.717) is 12.3 Å². The summed E-state index contributed by atoms with van der Waals surface area (Å²) in [6.45, 7) is 6.01. The first-order valence-electron chi connectivity index (χ1n) is 7.08. The number of rotatable bonds is 7. The van der Waals surface area contributed by atoms with Crippen molar-refractivity contribution >= 4 is 5.91 Å². The minimum atomic E-state index is -0.970. The number of likely N-dealkylation sites (N-methyl/N-ethyl adjacent to an activating group) is 1. The van der Waals surface area contributed by atoms with Gasteiger partial charge in [0.25, 0.3) is 5.91 Å². The predicted octanol–water partition coefficient (Wildman–Crippen LogP) is 1.19. The van der Waals surface area contributed by atoms with Crippen LogP contribution in [0.15, 0.2) is 24.3 Å². The third-order valence-electron chi connectivity index (χ3n) is 2.97. The van der Waals surface area contributed by atoms with Gasteiger partial charge in [-0.05, 0) is 52.6 Å². The van der Waals surface area contributed by atoms with Crippen molar-refractivity contribution in [3.8, 4) is 5.75 Å². The summed E-state index contributed by atoms with van der Waals surface area (Å²) in [5, 5.41) is 12.9. The fraction of sp³-hybridized carbons (Fsp3) is 0.562. The van der Waals surface area contributed by atoms with E-state index in [2.05, 4.69) is 5.32 Å². The van der Waals surface area contributed by atoms with Gasteiger partial charge in [0.15, 0.2) is 6.10 Å². The monoisotopic (exact) mass is 294 g/mol. The highest BCUT2D eigenvalue weighted by Gasteiger charge is 2.24. The Hall–Kier alpha value is -1.59. The number of benzene rings is 1. The van der Waals surface area contributed by atoms with E-state index in [1.807, 2.05) is 50.2 Å². The summed E-state index contributed by atoms with van der Waals surface area (Å²) in [7, 11) is 3.75. The van der Waals surface area contributed by atoms with E-state index in [4.69, 9.17) is 4.74 Å². The molecule has 0 aliphatic carbocycles. The van der Waals surface area contributed by atoms with Gasteiger partial charge in [-0.3, -0.25) is 4.79 Å². The van der Waals surface area contributed by atoms with E-state index < -0.39 is 11.7 Å². The van der Waals surface area contributed by atoms with Crippen LogP contribution in [0, 0.1) is 6.92 Å². The quantitative estimate of drug-likeness (QED) is 0.793. The number of hydrogen-bond acceptors (Lipinski definition) is 4. The highest BCUT2D eigenvalue weighted by atomic mass is 16.5. The first-order chi connectivity index (χ1) is 9.69. The second-order valence-corrected chi connectivity index (χ2v) is 6.03. The van der Waals surface area contributed by atoms with Crippen LogP contribution in [0.4, 0.5) is 0 Å². The summed E-state index contributed by atoms with van der Waals surface area (Å²) in [5.41, 5.74) is 0.108. The Morgan fingerprint density at radius 2 is 2.14 bits per heavy atom. The number of ether oxygens (including phenoxy) is 1. The van der Waals surface area contributed by atoms with Crippen LogP contribution in [0.1, 0.15) is 19.4 Å². The minimum Gasteiger partial charge on any atom is -0.481 e. The van der Waals surface area contributed by atoms with Crippen molar-refractivity contribution in [2.24, 2.45) is 0 Å². The molecule has 5 nitrogen and oxygen atoms in total. The second kappa shape index (κ2) is 7.43. The van der Waals surface area contributed by atoms with Crippen LogP contribution in [0.25, 0.3) is 0 Å². The molecule has 1 aromatic carbocycles. The molecule has 0 bridgehead atoms. The van der Waals surface area contributed by atoms with Crippen LogP contribution in [-0.2, 0) is 4.79 Å². The smallest absolute Gasteiger partial charge is 0.260 e. The normalized spacial score (nSPS) is 15.4. The maximum atomic E-state index is 12.0. The number of aryl methyl sites for hydroxylation is 1. The zero-order valence-electron chi connectivity index (χ0n) is 13.5. The van der Waals surface area contributed by atoms with E-state index in [1.165, 1.54) is 0 Å². The molecule has 21 heavy (non-hydrogen) atoms. The summed E-state index contributed by atoms with van der Waals surface area (Å²) in [6, 6.07) is 7.55. The van der Waals surface area contributed by atoms with Gasteiger partial charge in [-0.25, -0.2) is 0 Å². The Balaban J connectivity index is 2.48. The fourth-order valence-corrected chi connectivity index (χ4v) is 2.10. The van der Waals surface area contributed by atoms with E-state index in [0.717, 1.165) is 5.56 Å². The van der Waals surface area contributed by atoms with Gasteiger partial charge in [-0.2, -0.15) is 0 Å². The van der Waals surface area contributed by atoms with Crippen LogP contribution < -0.4 is 10.1 Å². The van der Waals surface area contributed by atoms with Crippen LogP contribution in [-0.4, -0.2) is 54.8 Å². The minimum absolute atomic E-state index is 0.186. The van der Waals surface area contributed by atoms with Crippen LogP contribution in [0.3, 0.4) is 0 Å². The van der Waals surface area contributed by atoms with Crippen LogP contribution in [0.2, 0.25) is 0 Å². The summed E-state index contributed by atoms with van der Waals surface area (Å²) in [4.78, 5) is 13.9. The second-order valence-electron chi connectivity index (χ2n) is 6.03. The van der Waals surface area contributed by atoms with Gasteiger partial charge < -0.3 is 20.1 Å². The molecule has 1 rings (SSSR count). The van der Waals surface area contributed by atoms with Crippen molar-refractivity contribution in [2.45, 2.75) is 32.5 Å². The maximum absolute atomic E-state index is 12.0. The van der Waals surface area contributed by atoms with E-state index in [1.54, 1.807) is 13.8 Å². The molecule has 1 amide bonds. The van der Waals surface area contributed by atoms with Gasteiger partial charge in [0.05, 0.1) is 5.60 Å². The summed E-state index contributed by atoms with van der Waals surface area (Å²) in [5.74, 6) is 0.424. The Kier molecular flexibility index (Phi) is 6.18. The Labute approximate surface area is 126 Å². The standard InChI is InChI=1S/C16H26N2O3/c1-12-7-6-8-14(9-12)21-13(2)15(19)17-10-16(3,20)11-18(4)5/h6-9,13,20H,10-11H2,1-5H3,(H,17,19). The molecule has 0 aromatic heterocycles. The lowest BCUT2D eigenvalue weighted by Crippen LogP contribution is -2.49. The lowest BCUT2D eigenvalue weighted by atomic mass is 10.1. The highest BCUT2D eigenvalue weighted by molar-refractivity contribution is 5.80. The molecule has 0 saturated heterocycles. The molecular formula is C16H26N2O3. The van der Waals surface area contributed by atoms with E-state index in [-0.39, 0.29) is 12.5 Å². The summed E-state index contributed by atoms with van der Waals surface area (Å²) >= 11 is 0. The average Bonchev–Trinajstić information content (AvgIpc) is 2.34. The van der Waals surface area contributed by atoms with Crippen molar-refractivity contribution in [1.82, 2.24) is 10.2 Å². The Morgan fingerprint density at radius 1 is 1.48 bits per heavy atom. The van der Waals surface area contributed by atoms with Crippen molar-refractivity contribution in [2.75, 3.05) is 27.2 Å². The van der Waals surface area contributed by atoms with Crippen molar-refractivity contribution in [3.63, 3.8) is 0 Å². The number of hydrogen-bond donors (Lipinski definition) is 2. The molecule has 0 fully saturated rings. The fourth-order valence-electron chi connectivity index (χ4n) is 2.10. The first-order valence-corrected chi connectivity index (χ1v) is 7.08. The zero-order valence-corrected chi connectivity index (χ0v) is 13.5. The molecule has 0 spiro atoms. The van der Waals surface area contributed by atoms with E-state index >= 15 is 0 Å². The third kappa shape index (κ3) is 6.60. The molecule has 0 aliphatic rings. The van der Waals surface area contributed by atoms with Gasteiger partial charge in [0.2, 0.25) is 0 Å². The lowest BCUT2D eigenvalue weighted by molar-refractivity contribution is -0.128. The third-order valence-corrected chi connectivity index (χ3v) is 2.97. The Morgan fingerprint density at radius 3 is 2.71 bits per heavy atom. The molecule has 0 saturated carbocycles. The number of carbonyl (C=O) groups excluding carboxylic acids is 1. The van der Waals surface area contributed by atoms with Crippen molar-refractivity contribution in [1.29, 1.82) is 0 Å².